The van der Waals surface area contributed by atoms with Gasteiger partial charge < -0.3 is 0 Å². The van der Waals surface area contributed by atoms with Gasteiger partial charge >= 0.3 is 0 Å². The molecule has 2 aliphatic carbocycles. The van der Waals surface area contributed by atoms with Crippen molar-refractivity contribution in [3.63, 3.8) is 0 Å². The second-order valence-corrected chi connectivity index (χ2v) is 5.54. The Morgan fingerprint density at radius 3 is 2.47 bits per heavy atom. The van der Waals surface area contributed by atoms with Crippen LogP contribution in [0.1, 0.15) is 47.0 Å². The summed E-state index contributed by atoms with van der Waals surface area (Å²) in [4.78, 5) is 11.1. The molecule has 0 aromatic rings. The summed E-state index contributed by atoms with van der Waals surface area (Å²) in [6, 6.07) is 0. The summed E-state index contributed by atoms with van der Waals surface area (Å²) in [6.45, 7) is 9.02. The van der Waals surface area contributed by atoms with Gasteiger partial charge in [0.15, 0.2) is 0 Å². The Morgan fingerprint density at radius 1 is 1.47 bits per heavy atom. The number of hydrogen-bond donors (Lipinski definition) is 0. The zero-order chi connectivity index (χ0) is 11.3. The largest absolute Gasteiger partial charge is 0.298 e. The minimum Gasteiger partial charge on any atom is -0.298 e. The summed E-state index contributed by atoms with van der Waals surface area (Å²) in [7, 11) is 0. The molecule has 1 atom stereocenters. The first-order chi connectivity index (χ1) is 6.97. The number of rotatable bonds is 2. The molecule has 2 rings (SSSR count). The Labute approximate surface area is 92.3 Å². The molecule has 0 aliphatic heterocycles. The van der Waals surface area contributed by atoms with Crippen LogP contribution in [-0.4, -0.2) is 6.29 Å². The third-order valence-electron chi connectivity index (χ3n) is 4.86. The predicted octanol–water partition coefficient (Wildman–Crippen LogP) is 3.66. The molecule has 15 heavy (non-hydrogen) atoms. The zero-order valence-electron chi connectivity index (χ0n) is 10.2. The number of hydrogen-bond acceptors (Lipinski definition) is 1. The molecule has 1 heteroatoms. The first-order valence-corrected chi connectivity index (χ1v) is 5.87. The van der Waals surface area contributed by atoms with Crippen LogP contribution in [0.15, 0.2) is 22.8 Å². The lowest BCUT2D eigenvalue weighted by molar-refractivity contribution is -0.105. The lowest BCUT2D eigenvalue weighted by Crippen LogP contribution is -2.28. The molecule has 0 spiro atoms. The van der Waals surface area contributed by atoms with Crippen LogP contribution in [0.25, 0.3) is 0 Å². The van der Waals surface area contributed by atoms with Gasteiger partial charge in [0.1, 0.15) is 6.29 Å². The molecule has 0 radical (unpaired) electrons. The van der Waals surface area contributed by atoms with Gasteiger partial charge in [0.05, 0.1) is 0 Å². The highest BCUT2D eigenvalue weighted by atomic mass is 16.1. The highest BCUT2D eigenvalue weighted by molar-refractivity contribution is 5.77. The van der Waals surface area contributed by atoms with Crippen molar-refractivity contribution in [2.45, 2.75) is 47.0 Å². The normalized spacial score (nSPS) is 35.3. The van der Waals surface area contributed by atoms with Crippen molar-refractivity contribution in [1.82, 2.24) is 0 Å². The maximum atomic E-state index is 11.1. The van der Waals surface area contributed by atoms with Crippen LogP contribution in [0, 0.1) is 10.8 Å². The molecule has 0 amide bonds. The van der Waals surface area contributed by atoms with Crippen LogP contribution < -0.4 is 0 Å². The van der Waals surface area contributed by atoms with E-state index in [0.29, 0.717) is 0 Å². The minimum absolute atomic E-state index is 0.203. The fourth-order valence-electron chi connectivity index (χ4n) is 3.21. The predicted molar refractivity (Wildman–Crippen MR) is 62.6 cm³/mol. The average molecular weight is 204 g/mol. The zero-order valence-corrected chi connectivity index (χ0v) is 10.2. The second kappa shape index (κ2) is 3.07. The van der Waals surface area contributed by atoms with E-state index < -0.39 is 0 Å². The van der Waals surface area contributed by atoms with E-state index >= 15 is 0 Å². The Balaban J connectivity index is 2.59. The molecule has 1 saturated carbocycles. The lowest BCUT2D eigenvalue weighted by atomic mass is 9.67. The smallest absolute Gasteiger partial charge is 0.146 e. The molecule has 0 aromatic carbocycles. The Hall–Kier alpha value is -0.850. The molecule has 0 saturated heterocycles. The van der Waals surface area contributed by atoms with E-state index in [1.54, 1.807) is 0 Å². The Bertz CT molecular complexity index is 371. The van der Waals surface area contributed by atoms with Gasteiger partial charge in [0.25, 0.3) is 0 Å². The SMILES string of the molecule is CCC(C=O)=C1C=C2CCC1(C)C2(C)C. The van der Waals surface area contributed by atoms with Crippen LogP contribution in [-0.2, 0) is 4.79 Å². The minimum atomic E-state index is 0.203. The molecule has 0 aromatic heterocycles. The highest BCUT2D eigenvalue weighted by Gasteiger charge is 2.54. The number of fused-ring (bicyclic) bond motifs is 2. The molecule has 2 bridgehead atoms. The maximum Gasteiger partial charge on any atom is 0.146 e. The summed E-state index contributed by atoms with van der Waals surface area (Å²) in [5.74, 6) is 0. The van der Waals surface area contributed by atoms with Crippen LogP contribution in [0.3, 0.4) is 0 Å². The first kappa shape index (κ1) is 10.7. The Morgan fingerprint density at radius 2 is 2.13 bits per heavy atom. The van der Waals surface area contributed by atoms with Crippen molar-refractivity contribution < 1.29 is 4.79 Å². The van der Waals surface area contributed by atoms with E-state index in [0.717, 1.165) is 18.3 Å². The van der Waals surface area contributed by atoms with Crippen LogP contribution in [0.4, 0.5) is 0 Å². The fraction of sp³-hybridized carbons (Fsp3) is 0.643. The van der Waals surface area contributed by atoms with Crippen LogP contribution >= 0.6 is 0 Å². The van der Waals surface area contributed by atoms with E-state index in [2.05, 4.69) is 33.8 Å². The fourth-order valence-corrected chi connectivity index (χ4v) is 3.21. The van der Waals surface area contributed by atoms with E-state index in [1.165, 1.54) is 24.0 Å². The molecule has 0 N–H and O–H groups in total. The van der Waals surface area contributed by atoms with Gasteiger partial charge in [-0.15, -0.1) is 0 Å². The summed E-state index contributed by atoms with van der Waals surface area (Å²) >= 11 is 0. The van der Waals surface area contributed by atoms with Crippen LogP contribution in [0.5, 0.6) is 0 Å². The van der Waals surface area contributed by atoms with Crippen molar-refractivity contribution in [3.8, 4) is 0 Å². The number of aldehydes is 1. The topological polar surface area (TPSA) is 17.1 Å². The average Bonchev–Trinajstić information content (AvgIpc) is 2.52. The standard InChI is InChI=1S/C14H20O/c1-5-10(9-15)12-8-11-6-7-14(12,4)13(11,2)3/h8-9H,5-7H2,1-4H3. The van der Waals surface area contributed by atoms with Gasteiger partial charge in [-0.05, 0) is 35.8 Å². The second-order valence-electron chi connectivity index (χ2n) is 5.54. The molecule has 1 unspecified atom stereocenters. The van der Waals surface area contributed by atoms with Crippen molar-refractivity contribution in [2.24, 2.45) is 10.8 Å². The quantitative estimate of drug-likeness (QED) is 0.495. The maximum absolute atomic E-state index is 11.1. The molecule has 82 valence electrons. The molecular weight excluding hydrogens is 184 g/mol. The van der Waals surface area contributed by atoms with Gasteiger partial charge in [0, 0.05) is 5.41 Å². The molecule has 2 aliphatic rings. The highest BCUT2D eigenvalue weighted by Crippen LogP contribution is 2.65. The van der Waals surface area contributed by atoms with Gasteiger partial charge in [-0.2, -0.15) is 0 Å². The number of allylic oxidation sites excluding steroid dienone is 4. The van der Waals surface area contributed by atoms with Crippen molar-refractivity contribution in [1.29, 1.82) is 0 Å². The van der Waals surface area contributed by atoms with Gasteiger partial charge in [-0.3, -0.25) is 4.79 Å². The van der Waals surface area contributed by atoms with Crippen molar-refractivity contribution in [3.05, 3.63) is 22.8 Å². The molecule has 1 nitrogen and oxygen atoms in total. The van der Waals surface area contributed by atoms with Gasteiger partial charge in [-0.25, -0.2) is 0 Å². The van der Waals surface area contributed by atoms with Crippen molar-refractivity contribution in [2.75, 3.05) is 0 Å². The van der Waals surface area contributed by atoms with Crippen LogP contribution in [0.2, 0.25) is 0 Å². The molecule has 0 heterocycles. The lowest BCUT2D eigenvalue weighted by Gasteiger charge is -2.36. The third-order valence-corrected chi connectivity index (χ3v) is 4.86. The van der Waals surface area contributed by atoms with E-state index in [9.17, 15) is 4.79 Å². The summed E-state index contributed by atoms with van der Waals surface area (Å²) in [5, 5.41) is 0. The van der Waals surface area contributed by atoms with E-state index in [1.807, 2.05) is 0 Å². The number of carbonyl (C=O) groups excluding carboxylic acids is 1. The van der Waals surface area contributed by atoms with Gasteiger partial charge in [0.2, 0.25) is 0 Å². The summed E-state index contributed by atoms with van der Waals surface area (Å²) in [5.41, 5.74) is 4.31. The first-order valence-electron chi connectivity index (χ1n) is 5.87. The summed E-state index contributed by atoms with van der Waals surface area (Å²) < 4.78 is 0. The van der Waals surface area contributed by atoms with E-state index in [-0.39, 0.29) is 10.8 Å². The molecular formula is C14H20O. The van der Waals surface area contributed by atoms with Gasteiger partial charge in [-0.1, -0.05) is 39.3 Å². The monoisotopic (exact) mass is 204 g/mol. The van der Waals surface area contributed by atoms with E-state index in [4.69, 9.17) is 0 Å². The summed E-state index contributed by atoms with van der Waals surface area (Å²) in [6.07, 6.45) is 6.61. The molecule has 1 fully saturated rings. The third kappa shape index (κ3) is 1.12. The Kier molecular flexibility index (Phi) is 2.18. The number of carbonyl (C=O) groups is 1. The van der Waals surface area contributed by atoms with Crippen molar-refractivity contribution >= 4 is 6.29 Å².